The van der Waals surface area contributed by atoms with Gasteiger partial charge >= 0.3 is 0 Å². The van der Waals surface area contributed by atoms with Crippen LogP contribution in [0.5, 0.6) is 11.5 Å². The number of amides is 1. The molecule has 2 heterocycles. The second-order valence-electron chi connectivity index (χ2n) is 7.44. The van der Waals surface area contributed by atoms with Gasteiger partial charge in [0.25, 0.3) is 0 Å². The molecule has 3 aromatic rings. The fourth-order valence-corrected chi connectivity index (χ4v) is 4.17. The van der Waals surface area contributed by atoms with Crippen molar-refractivity contribution in [1.29, 1.82) is 0 Å². The van der Waals surface area contributed by atoms with Gasteiger partial charge in [-0.2, -0.15) is 0 Å². The number of nitrogens with one attached hydrogen (secondary N) is 1. The minimum Gasteiger partial charge on any atom is -0.454 e. The highest BCUT2D eigenvalue weighted by Gasteiger charge is 2.30. The Bertz CT molecular complexity index is 1050. The van der Waals surface area contributed by atoms with E-state index in [0.717, 1.165) is 47.4 Å². The lowest BCUT2D eigenvalue weighted by atomic mass is 10.2. The Labute approximate surface area is 178 Å². The minimum atomic E-state index is -0.0418. The van der Waals surface area contributed by atoms with Crippen molar-refractivity contribution >= 4 is 17.7 Å². The maximum Gasteiger partial charge on any atom is 0.231 e. The quantitative estimate of drug-likeness (QED) is 0.561. The van der Waals surface area contributed by atoms with Crippen LogP contribution in [-0.4, -0.2) is 33.2 Å². The van der Waals surface area contributed by atoms with Crippen molar-refractivity contribution in [2.45, 2.75) is 37.0 Å². The van der Waals surface area contributed by atoms with E-state index < -0.39 is 0 Å². The third-order valence-corrected chi connectivity index (χ3v) is 6.10. The average molecular weight is 423 g/mol. The van der Waals surface area contributed by atoms with Gasteiger partial charge in [-0.25, -0.2) is 0 Å². The van der Waals surface area contributed by atoms with Crippen molar-refractivity contribution in [3.05, 3.63) is 65.5 Å². The Morgan fingerprint density at radius 3 is 2.73 bits per heavy atom. The Balaban J connectivity index is 1.20. The predicted octanol–water partition coefficient (Wildman–Crippen LogP) is 3.34. The average Bonchev–Trinajstić information content (AvgIpc) is 3.37. The third-order valence-electron chi connectivity index (χ3n) is 5.13. The molecule has 0 spiro atoms. The molecule has 0 bridgehead atoms. The van der Waals surface area contributed by atoms with E-state index in [1.165, 1.54) is 17.3 Å². The summed E-state index contributed by atoms with van der Waals surface area (Å²) in [6, 6.07) is 16.0. The van der Waals surface area contributed by atoms with Crippen molar-refractivity contribution in [3.63, 3.8) is 0 Å². The highest BCUT2D eigenvalue weighted by atomic mass is 32.2. The smallest absolute Gasteiger partial charge is 0.231 e. The molecular formula is C22H22N4O3S. The van der Waals surface area contributed by atoms with E-state index in [9.17, 15) is 4.79 Å². The Morgan fingerprint density at radius 2 is 1.90 bits per heavy atom. The normalized spacial score (nSPS) is 14.7. The second kappa shape index (κ2) is 8.39. The summed E-state index contributed by atoms with van der Waals surface area (Å²) < 4.78 is 12.9. The molecule has 1 aromatic heterocycles. The van der Waals surface area contributed by atoms with Crippen molar-refractivity contribution in [3.8, 4) is 11.5 Å². The standard InChI is InChI=1S/C22H22N4O3S/c27-20(23-11-16-6-9-18-19(10-16)29-14-28-18)13-30-22-25-24-21(17-7-8-17)26(22)12-15-4-2-1-3-5-15/h1-6,9-10,17H,7-8,11-14H2,(H,23,27). The fraction of sp³-hybridized carbons (Fsp3) is 0.318. The lowest BCUT2D eigenvalue weighted by Gasteiger charge is -2.10. The number of fused-ring (bicyclic) bond motifs is 1. The van der Waals surface area contributed by atoms with Gasteiger partial charge in [0.15, 0.2) is 16.7 Å². The predicted molar refractivity (Wildman–Crippen MR) is 113 cm³/mol. The lowest BCUT2D eigenvalue weighted by Crippen LogP contribution is -2.24. The minimum absolute atomic E-state index is 0.0418. The van der Waals surface area contributed by atoms with E-state index in [4.69, 9.17) is 9.47 Å². The highest BCUT2D eigenvalue weighted by molar-refractivity contribution is 7.99. The van der Waals surface area contributed by atoms with Crippen LogP contribution >= 0.6 is 11.8 Å². The summed E-state index contributed by atoms with van der Waals surface area (Å²) in [5, 5.41) is 12.5. The zero-order valence-electron chi connectivity index (χ0n) is 16.4. The van der Waals surface area contributed by atoms with Crippen LogP contribution in [0.25, 0.3) is 0 Å². The number of nitrogens with zero attached hydrogens (tertiary/aromatic N) is 3. The number of carbonyl (C=O) groups excluding carboxylic acids is 1. The largest absolute Gasteiger partial charge is 0.454 e. The van der Waals surface area contributed by atoms with E-state index in [-0.39, 0.29) is 12.7 Å². The van der Waals surface area contributed by atoms with E-state index in [1.807, 2.05) is 36.4 Å². The molecule has 30 heavy (non-hydrogen) atoms. The van der Waals surface area contributed by atoms with E-state index in [0.29, 0.717) is 18.2 Å². The monoisotopic (exact) mass is 422 g/mol. The zero-order valence-corrected chi connectivity index (χ0v) is 17.2. The van der Waals surface area contributed by atoms with Gasteiger partial charge in [-0.15, -0.1) is 10.2 Å². The highest BCUT2D eigenvalue weighted by Crippen LogP contribution is 2.40. The summed E-state index contributed by atoms with van der Waals surface area (Å²) in [6.45, 7) is 1.41. The maximum atomic E-state index is 12.4. The number of hydrogen-bond acceptors (Lipinski definition) is 6. The molecule has 1 amide bonds. The number of thioether (sulfide) groups is 1. The van der Waals surface area contributed by atoms with Crippen molar-refractivity contribution in [1.82, 2.24) is 20.1 Å². The molecule has 1 aliphatic heterocycles. The third kappa shape index (κ3) is 4.28. The molecule has 7 nitrogen and oxygen atoms in total. The van der Waals surface area contributed by atoms with Gasteiger partial charge < -0.3 is 19.4 Å². The maximum absolute atomic E-state index is 12.4. The Hall–Kier alpha value is -3.00. The molecule has 0 saturated heterocycles. The molecule has 2 aromatic carbocycles. The van der Waals surface area contributed by atoms with Crippen LogP contribution in [0.15, 0.2) is 53.7 Å². The Kier molecular flexibility index (Phi) is 5.31. The molecule has 1 aliphatic carbocycles. The summed E-state index contributed by atoms with van der Waals surface area (Å²) in [7, 11) is 0. The molecule has 0 unspecified atom stereocenters. The first-order valence-corrected chi connectivity index (χ1v) is 11.0. The number of carbonyl (C=O) groups is 1. The van der Waals surface area contributed by atoms with Gasteiger partial charge in [-0.05, 0) is 36.1 Å². The summed E-state index contributed by atoms with van der Waals surface area (Å²) in [5.41, 5.74) is 2.18. The SMILES string of the molecule is O=C(CSc1nnc(C2CC2)n1Cc1ccccc1)NCc1ccc2c(c1)OCO2. The van der Waals surface area contributed by atoms with Crippen LogP contribution in [-0.2, 0) is 17.9 Å². The fourth-order valence-electron chi connectivity index (χ4n) is 3.40. The molecular weight excluding hydrogens is 400 g/mol. The summed E-state index contributed by atoms with van der Waals surface area (Å²) >= 11 is 1.43. The molecule has 1 N–H and O–H groups in total. The molecule has 1 fully saturated rings. The van der Waals surface area contributed by atoms with Gasteiger partial charge in [0.05, 0.1) is 12.3 Å². The van der Waals surface area contributed by atoms with Gasteiger partial charge in [-0.3, -0.25) is 4.79 Å². The summed E-state index contributed by atoms with van der Waals surface area (Å²) in [6.07, 6.45) is 2.32. The summed E-state index contributed by atoms with van der Waals surface area (Å²) in [4.78, 5) is 12.4. The van der Waals surface area contributed by atoms with Gasteiger partial charge in [0.2, 0.25) is 12.7 Å². The number of rotatable bonds is 8. The first-order valence-electron chi connectivity index (χ1n) is 10.0. The van der Waals surface area contributed by atoms with Crippen molar-refractivity contribution < 1.29 is 14.3 Å². The van der Waals surface area contributed by atoms with Crippen LogP contribution in [0.2, 0.25) is 0 Å². The molecule has 8 heteroatoms. The lowest BCUT2D eigenvalue weighted by molar-refractivity contribution is -0.118. The first-order chi connectivity index (χ1) is 14.8. The second-order valence-corrected chi connectivity index (χ2v) is 8.38. The number of aromatic nitrogens is 3. The van der Waals surface area contributed by atoms with Gasteiger partial charge in [-0.1, -0.05) is 48.2 Å². The number of ether oxygens (including phenoxy) is 2. The number of hydrogen-bond donors (Lipinski definition) is 1. The van der Waals surface area contributed by atoms with Crippen molar-refractivity contribution in [2.24, 2.45) is 0 Å². The molecule has 0 atom stereocenters. The Morgan fingerprint density at radius 1 is 1.07 bits per heavy atom. The van der Waals surface area contributed by atoms with Gasteiger partial charge in [0, 0.05) is 12.5 Å². The molecule has 2 aliphatic rings. The van der Waals surface area contributed by atoms with Gasteiger partial charge in [0.1, 0.15) is 5.82 Å². The van der Waals surface area contributed by atoms with Crippen molar-refractivity contribution in [2.75, 3.05) is 12.5 Å². The molecule has 5 rings (SSSR count). The van der Waals surface area contributed by atoms with E-state index in [1.54, 1.807) is 0 Å². The van der Waals surface area contributed by atoms with E-state index in [2.05, 4.69) is 32.2 Å². The van der Waals surface area contributed by atoms with Crippen LogP contribution in [0.4, 0.5) is 0 Å². The van der Waals surface area contributed by atoms with Crippen LogP contribution in [0.1, 0.15) is 35.7 Å². The van der Waals surface area contributed by atoms with E-state index >= 15 is 0 Å². The first kappa shape index (κ1) is 19.0. The molecule has 154 valence electrons. The molecule has 0 radical (unpaired) electrons. The van der Waals surface area contributed by atoms with Crippen LogP contribution in [0.3, 0.4) is 0 Å². The topological polar surface area (TPSA) is 78.3 Å². The van der Waals surface area contributed by atoms with Crippen LogP contribution < -0.4 is 14.8 Å². The van der Waals surface area contributed by atoms with Crippen LogP contribution in [0, 0.1) is 0 Å². The molecule has 1 saturated carbocycles. The summed E-state index contributed by atoms with van der Waals surface area (Å²) in [5.74, 6) is 3.24. The number of benzene rings is 2. The zero-order chi connectivity index (χ0) is 20.3.